The van der Waals surface area contributed by atoms with Crippen LogP contribution in [-0.2, 0) is 20.8 Å². The first kappa shape index (κ1) is 25.7. The Balaban J connectivity index is 1.63. The van der Waals surface area contributed by atoms with E-state index in [-0.39, 0.29) is 0 Å². The molecule has 0 bridgehead atoms. The largest absolute Gasteiger partial charge is 0.498 e. The van der Waals surface area contributed by atoms with Crippen LogP contribution in [0.3, 0.4) is 0 Å². The van der Waals surface area contributed by atoms with E-state index in [9.17, 15) is 0 Å². The molecule has 34 heavy (non-hydrogen) atoms. The Labute approximate surface area is 206 Å². The molecule has 0 spiro atoms. The first-order valence-electron chi connectivity index (χ1n) is 12.7. The molecule has 188 valence electrons. The molecule has 0 saturated carbocycles. The van der Waals surface area contributed by atoms with Crippen LogP contribution in [0.25, 0.3) is 11.0 Å². The van der Waals surface area contributed by atoms with Gasteiger partial charge in [0.25, 0.3) is 0 Å². The molecule has 1 N–H and O–H groups in total. The number of piperidine rings is 1. The Morgan fingerprint density at radius 2 is 1.91 bits per heavy atom. The first-order chi connectivity index (χ1) is 15.9. The molecule has 2 aromatic heterocycles. The molecule has 0 amide bonds. The number of rotatable bonds is 8. The highest BCUT2D eigenvalue weighted by Gasteiger charge is 2.52. The standard InChI is InChI=1S/C25H43BN4O3Si/c1-24(2)25(3,4)33-26(32-24)21-16-27-23-20(22(21)28-19-10-9-12-29(5)17-19)11-13-30(23)18-31-14-15-34(6,7)8/h11,13,16,19H,9-10,12,14-15,17-18H2,1-8H3,(H,27,28)/t19-/m1/s1. The summed E-state index contributed by atoms with van der Waals surface area (Å²) < 4.78 is 21.0. The summed E-state index contributed by atoms with van der Waals surface area (Å²) in [5.74, 6) is 0. The number of fused-ring (bicyclic) bond motifs is 1. The van der Waals surface area contributed by atoms with Gasteiger partial charge in [-0.3, -0.25) is 0 Å². The Kier molecular flexibility index (Phi) is 7.24. The SMILES string of the molecule is CN1CCC[C@@H](Nc2c(B3OC(C)(C)C(C)(C)O3)cnc3c2ccn3COCC[Si](C)(C)C)C1. The van der Waals surface area contributed by atoms with Gasteiger partial charge in [0, 0.05) is 56.2 Å². The molecule has 1 atom stereocenters. The smallest absolute Gasteiger partial charge is 0.399 e. The zero-order chi connectivity index (χ0) is 24.7. The highest BCUT2D eigenvalue weighted by Crippen LogP contribution is 2.37. The van der Waals surface area contributed by atoms with Crippen LogP contribution in [0.15, 0.2) is 18.5 Å². The van der Waals surface area contributed by atoms with E-state index in [1.807, 2.05) is 6.20 Å². The van der Waals surface area contributed by atoms with E-state index < -0.39 is 26.4 Å². The fraction of sp³-hybridized carbons (Fsp3) is 0.720. The highest BCUT2D eigenvalue weighted by molar-refractivity contribution is 6.76. The van der Waals surface area contributed by atoms with E-state index in [2.05, 4.69) is 81.4 Å². The summed E-state index contributed by atoms with van der Waals surface area (Å²) >= 11 is 0. The minimum Gasteiger partial charge on any atom is -0.399 e. The number of aromatic nitrogens is 2. The van der Waals surface area contributed by atoms with Crippen molar-refractivity contribution in [2.75, 3.05) is 32.1 Å². The molecule has 4 rings (SSSR count). The summed E-state index contributed by atoms with van der Waals surface area (Å²) in [4.78, 5) is 7.25. The van der Waals surface area contributed by atoms with E-state index in [4.69, 9.17) is 19.0 Å². The number of pyridine rings is 1. The molecule has 2 aliphatic rings. The number of anilines is 1. The summed E-state index contributed by atoms with van der Waals surface area (Å²) in [5.41, 5.74) is 2.18. The Morgan fingerprint density at radius 3 is 2.56 bits per heavy atom. The van der Waals surface area contributed by atoms with Crippen LogP contribution in [0.2, 0.25) is 25.7 Å². The number of hydrogen-bond donors (Lipinski definition) is 1. The molecule has 2 saturated heterocycles. The maximum atomic E-state index is 6.43. The summed E-state index contributed by atoms with van der Waals surface area (Å²) in [7, 11) is 0.627. The van der Waals surface area contributed by atoms with Crippen LogP contribution in [0.5, 0.6) is 0 Å². The quantitative estimate of drug-likeness (QED) is 0.447. The average Bonchev–Trinajstić information content (AvgIpc) is 3.22. The van der Waals surface area contributed by atoms with Gasteiger partial charge in [-0.2, -0.15) is 0 Å². The van der Waals surface area contributed by atoms with Crippen LogP contribution in [0.4, 0.5) is 5.69 Å². The number of nitrogens with zero attached hydrogens (tertiary/aromatic N) is 3. The molecule has 0 unspecified atom stereocenters. The molecule has 2 fully saturated rings. The van der Waals surface area contributed by atoms with Crippen LogP contribution in [-0.4, -0.2) is 73.6 Å². The Hall–Kier alpha value is -1.39. The van der Waals surface area contributed by atoms with Gasteiger partial charge >= 0.3 is 7.12 Å². The lowest BCUT2D eigenvalue weighted by Crippen LogP contribution is -2.43. The van der Waals surface area contributed by atoms with E-state index in [0.717, 1.165) is 54.3 Å². The van der Waals surface area contributed by atoms with Gasteiger partial charge in [-0.25, -0.2) is 4.98 Å². The second-order valence-corrected chi connectivity index (χ2v) is 17.9. The summed E-state index contributed by atoms with van der Waals surface area (Å²) in [5, 5.41) is 4.96. The van der Waals surface area contributed by atoms with Crippen molar-refractivity contribution in [3.8, 4) is 0 Å². The lowest BCUT2D eigenvalue weighted by atomic mass is 9.78. The predicted molar refractivity (Wildman–Crippen MR) is 144 cm³/mol. The zero-order valence-corrected chi connectivity index (χ0v) is 23.4. The number of hydrogen-bond acceptors (Lipinski definition) is 6. The minimum absolute atomic E-state index is 0.377. The second-order valence-electron chi connectivity index (χ2n) is 12.3. The molecule has 7 nitrogen and oxygen atoms in total. The maximum Gasteiger partial charge on any atom is 0.498 e. The van der Waals surface area contributed by atoms with Gasteiger partial charge in [0.15, 0.2) is 0 Å². The summed E-state index contributed by atoms with van der Waals surface area (Å²) in [6.45, 7) is 19.0. The molecular formula is C25H43BN4O3Si. The topological polar surface area (TPSA) is 60.8 Å². The first-order valence-corrected chi connectivity index (χ1v) is 16.4. The van der Waals surface area contributed by atoms with E-state index in [1.165, 1.54) is 6.42 Å². The van der Waals surface area contributed by atoms with Crippen LogP contribution < -0.4 is 10.8 Å². The molecule has 9 heteroatoms. The molecule has 0 aliphatic carbocycles. The molecule has 0 radical (unpaired) electrons. The third kappa shape index (κ3) is 5.54. The summed E-state index contributed by atoms with van der Waals surface area (Å²) in [6, 6.07) is 3.68. The van der Waals surface area contributed by atoms with E-state index in [1.54, 1.807) is 0 Å². The van der Waals surface area contributed by atoms with Gasteiger partial charge in [0.05, 0.1) is 11.2 Å². The average molecular weight is 487 g/mol. The molecule has 2 aromatic rings. The fourth-order valence-corrected chi connectivity index (χ4v) is 5.35. The molecule has 4 heterocycles. The second kappa shape index (κ2) is 9.58. The van der Waals surface area contributed by atoms with Crippen molar-refractivity contribution in [1.82, 2.24) is 14.5 Å². The zero-order valence-electron chi connectivity index (χ0n) is 22.4. The van der Waals surface area contributed by atoms with Crippen molar-refractivity contribution in [2.45, 2.75) is 90.2 Å². The number of likely N-dealkylation sites (tertiary alicyclic amines) is 1. The maximum absolute atomic E-state index is 6.43. The van der Waals surface area contributed by atoms with Gasteiger partial charge in [-0.1, -0.05) is 19.6 Å². The van der Waals surface area contributed by atoms with Crippen molar-refractivity contribution in [1.29, 1.82) is 0 Å². The normalized spacial score (nSPS) is 23.1. The van der Waals surface area contributed by atoms with E-state index in [0.29, 0.717) is 12.8 Å². The van der Waals surface area contributed by atoms with Crippen molar-refractivity contribution < 1.29 is 14.0 Å². The number of nitrogens with one attached hydrogen (secondary N) is 1. The molecular weight excluding hydrogens is 443 g/mol. The third-order valence-electron chi connectivity index (χ3n) is 7.52. The molecule has 2 aliphatic heterocycles. The van der Waals surface area contributed by atoms with Crippen molar-refractivity contribution >= 4 is 37.4 Å². The van der Waals surface area contributed by atoms with Gasteiger partial charge in [0.1, 0.15) is 12.4 Å². The van der Waals surface area contributed by atoms with Crippen LogP contribution in [0, 0.1) is 0 Å². The lowest BCUT2D eigenvalue weighted by molar-refractivity contribution is 0.00578. The van der Waals surface area contributed by atoms with Crippen LogP contribution >= 0.6 is 0 Å². The summed E-state index contributed by atoms with van der Waals surface area (Å²) in [6.07, 6.45) is 6.36. The van der Waals surface area contributed by atoms with Crippen molar-refractivity contribution in [3.63, 3.8) is 0 Å². The number of likely N-dealkylation sites (N-methyl/N-ethyl adjacent to an activating group) is 1. The van der Waals surface area contributed by atoms with Gasteiger partial charge in [0.2, 0.25) is 0 Å². The monoisotopic (exact) mass is 486 g/mol. The predicted octanol–water partition coefficient (Wildman–Crippen LogP) is 4.15. The van der Waals surface area contributed by atoms with Crippen molar-refractivity contribution in [2.24, 2.45) is 0 Å². The van der Waals surface area contributed by atoms with Gasteiger partial charge in [-0.15, -0.1) is 0 Å². The molecule has 0 aromatic carbocycles. The fourth-order valence-electron chi connectivity index (χ4n) is 4.60. The lowest BCUT2D eigenvalue weighted by Gasteiger charge is -2.32. The van der Waals surface area contributed by atoms with Crippen molar-refractivity contribution in [3.05, 3.63) is 18.5 Å². The van der Waals surface area contributed by atoms with Crippen LogP contribution in [0.1, 0.15) is 40.5 Å². The highest BCUT2D eigenvalue weighted by atomic mass is 28.3. The Bertz CT molecular complexity index is 988. The minimum atomic E-state index is -1.11. The van der Waals surface area contributed by atoms with Gasteiger partial charge in [-0.05, 0) is 66.2 Å². The third-order valence-corrected chi connectivity index (χ3v) is 9.23. The van der Waals surface area contributed by atoms with E-state index >= 15 is 0 Å². The van der Waals surface area contributed by atoms with Gasteiger partial charge < -0.3 is 28.8 Å². The number of ether oxygens (including phenoxy) is 1. The Morgan fingerprint density at radius 1 is 1.21 bits per heavy atom.